The Kier molecular flexibility index (Phi) is 5.09. The van der Waals surface area contributed by atoms with Crippen LogP contribution >= 0.6 is 0 Å². The van der Waals surface area contributed by atoms with Crippen LogP contribution in [0.25, 0.3) is 0 Å². The molecular weight excluding hydrogens is 134 g/mol. The second kappa shape index (κ2) is 5.66. The van der Waals surface area contributed by atoms with Gasteiger partial charge in [-0.2, -0.15) is 0 Å². The molecule has 0 saturated heterocycles. The van der Waals surface area contributed by atoms with E-state index < -0.39 is 0 Å². The first-order chi connectivity index (χ1) is 5.29. The van der Waals surface area contributed by atoms with Crippen molar-refractivity contribution in [2.45, 2.75) is 20.8 Å². The molecule has 0 unspecified atom stereocenters. The Labute approximate surface area is 68.6 Å². The Morgan fingerprint density at radius 2 is 1.55 bits per heavy atom. The average molecular weight is 149 g/mol. The maximum absolute atomic E-state index is 7.10. The summed E-state index contributed by atoms with van der Waals surface area (Å²) in [7, 11) is 0. The van der Waals surface area contributed by atoms with Crippen molar-refractivity contribution in [3.8, 4) is 0 Å². The first-order valence-electron chi connectivity index (χ1n) is 3.76. The van der Waals surface area contributed by atoms with Gasteiger partial charge < -0.3 is 5.41 Å². The molecule has 0 radical (unpaired) electrons. The van der Waals surface area contributed by atoms with E-state index in [1.807, 2.05) is 45.1 Å². The third-order valence-electron chi connectivity index (χ3n) is 1.46. The molecule has 0 bridgehead atoms. The maximum atomic E-state index is 7.10. The van der Waals surface area contributed by atoms with Gasteiger partial charge in [0.15, 0.2) is 0 Å². The summed E-state index contributed by atoms with van der Waals surface area (Å²) in [6.45, 7) is 5.89. The molecule has 0 heterocycles. The second-order valence-electron chi connectivity index (χ2n) is 2.13. The van der Waals surface area contributed by atoms with Gasteiger partial charge >= 0.3 is 0 Å². The fraction of sp³-hybridized carbons (Fsp3) is 0.300. The van der Waals surface area contributed by atoms with Crippen molar-refractivity contribution in [3.05, 3.63) is 35.5 Å². The number of rotatable bonds is 3. The number of allylic oxidation sites excluding steroid dienone is 6. The van der Waals surface area contributed by atoms with Gasteiger partial charge in [0.25, 0.3) is 0 Å². The third kappa shape index (κ3) is 2.99. The number of hydrogen-bond donors (Lipinski definition) is 1. The molecule has 0 amide bonds. The zero-order valence-electron chi connectivity index (χ0n) is 7.39. The summed E-state index contributed by atoms with van der Waals surface area (Å²) in [5.74, 6) is 0. The molecule has 0 aliphatic heterocycles. The average Bonchev–Trinajstić information content (AvgIpc) is 2.05. The molecule has 0 saturated carbocycles. The van der Waals surface area contributed by atoms with Gasteiger partial charge in [-0.25, -0.2) is 0 Å². The van der Waals surface area contributed by atoms with Gasteiger partial charge in [0.2, 0.25) is 0 Å². The first-order valence-corrected chi connectivity index (χ1v) is 3.76. The summed E-state index contributed by atoms with van der Waals surface area (Å²) < 4.78 is 0. The Bertz CT molecular complexity index is 207. The van der Waals surface area contributed by atoms with E-state index in [0.717, 1.165) is 11.1 Å². The molecule has 0 aromatic heterocycles. The van der Waals surface area contributed by atoms with E-state index in [2.05, 4.69) is 0 Å². The highest BCUT2D eigenvalue weighted by Crippen LogP contribution is 2.08. The van der Waals surface area contributed by atoms with Crippen molar-refractivity contribution in [2.75, 3.05) is 0 Å². The Balaban J connectivity index is 4.64. The third-order valence-corrected chi connectivity index (χ3v) is 1.46. The lowest BCUT2D eigenvalue weighted by Gasteiger charge is -1.98. The van der Waals surface area contributed by atoms with Crippen molar-refractivity contribution in [1.82, 2.24) is 0 Å². The summed E-state index contributed by atoms with van der Waals surface area (Å²) in [5.41, 5.74) is 2.07. The smallest absolute Gasteiger partial charge is 0.0252 e. The van der Waals surface area contributed by atoms with Gasteiger partial charge in [-0.05, 0) is 31.9 Å². The zero-order chi connectivity index (χ0) is 8.69. The molecule has 1 heteroatoms. The monoisotopic (exact) mass is 149 g/mol. The van der Waals surface area contributed by atoms with Crippen LogP contribution in [0.4, 0.5) is 0 Å². The highest BCUT2D eigenvalue weighted by atomic mass is 14.3. The highest BCUT2D eigenvalue weighted by Gasteiger charge is 1.93. The van der Waals surface area contributed by atoms with Gasteiger partial charge in [0, 0.05) is 6.21 Å². The van der Waals surface area contributed by atoms with E-state index in [0.29, 0.717) is 0 Å². The molecule has 11 heavy (non-hydrogen) atoms. The summed E-state index contributed by atoms with van der Waals surface area (Å²) >= 11 is 0. The molecule has 0 fully saturated rings. The molecule has 0 aromatic rings. The molecule has 1 nitrogen and oxygen atoms in total. The zero-order valence-corrected chi connectivity index (χ0v) is 7.39. The fourth-order valence-corrected chi connectivity index (χ4v) is 0.872. The van der Waals surface area contributed by atoms with E-state index in [1.54, 1.807) is 0 Å². The minimum atomic E-state index is 0.964. The summed E-state index contributed by atoms with van der Waals surface area (Å²) in [5, 5.41) is 7.10. The molecule has 0 atom stereocenters. The quantitative estimate of drug-likeness (QED) is 0.471. The van der Waals surface area contributed by atoms with Crippen LogP contribution in [0.15, 0.2) is 35.5 Å². The minimum Gasteiger partial charge on any atom is -0.308 e. The van der Waals surface area contributed by atoms with Gasteiger partial charge in [-0.15, -0.1) is 0 Å². The molecule has 0 aliphatic rings. The summed E-state index contributed by atoms with van der Waals surface area (Å²) in [6.07, 6.45) is 9.28. The van der Waals surface area contributed by atoms with Crippen LogP contribution in [-0.2, 0) is 0 Å². The topological polar surface area (TPSA) is 23.9 Å². The van der Waals surface area contributed by atoms with Gasteiger partial charge in [-0.1, -0.05) is 24.3 Å². The van der Waals surface area contributed by atoms with Crippen molar-refractivity contribution in [3.63, 3.8) is 0 Å². The van der Waals surface area contributed by atoms with Crippen molar-refractivity contribution >= 4 is 6.21 Å². The Morgan fingerprint density at radius 3 is 1.82 bits per heavy atom. The highest BCUT2D eigenvalue weighted by molar-refractivity contribution is 5.83. The fourth-order valence-electron chi connectivity index (χ4n) is 0.872. The van der Waals surface area contributed by atoms with Crippen LogP contribution in [0.3, 0.4) is 0 Å². The van der Waals surface area contributed by atoms with Crippen LogP contribution in [0.2, 0.25) is 0 Å². The predicted molar refractivity (Wildman–Crippen MR) is 51.1 cm³/mol. The molecule has 0 rings (SSSR count). The second-order valence-corrected chi connectivity index (χ2v) is 2.13. The van der Waals surface area contributed by atoms with Gasteiger partial charge in [0.1, 0.15) is 0 Å². The lowest BCUT2D eigenvalue weighted by molar-refractivity contribution is 1.47. The van der Waals surface area contributed by atoms with Crippen LogP contribution in [0.1, 0.15) is 20.8 Å². The maximum Gasteiger partial charge on any atom is 0.0252 e. The molecule has 0 aromatic carbocycles. The van der Waals surface area contributed by atoms with Gasteiger partial charge in [0.05, 0.1) is 0 Å². The Morgan fingerprint density at radius 1 is 1.00 bits per heavy atom. The summed E-state index contributed by atoms with van der Waals surface area (Å²) in [6, 6.07) is 0. The van der Waals surface area contributed by atoms with E-state index in [1.165, 1.54) is 6.21 Å². The van der Waals surface area contributed by atoms with Crippen molar-refractivity contribution in [1.29, 1.82) is 5.41 Å². The normalized spacial score (nSPS) is 14.1. The molecule has 1 N–H and O–H groups in total. The van der Waals surface area contributed by atoms with Gasteiger partial charge in [-0.3, -0.25) is 0 Å². The first kappa shape index (κ1) is 9.89. The van der Waals surface area contributed by atoms with Crippen LogP contribution in [0.5, 0.6) is 0 Å². The molecular formula is C10H15N. The predicted octanol–water partition coefficient (Wildman–Crippen LogP) is 3.10. The molecule has 60 valence electrons. The molecule has 0 aliphatic carbocycles. The van der Waals surface area contributed by atoms with Crippen LogP contribution in [-0.4, -0.2) is 6.21 Å². The van der Waals surface area contributed by atoms with E-state index >= 15 is 0 Å². The van der Waals surface area contributed by atoms with Crippen LogP contribution in [0, 0.1) is 5.41 Å². The van der Waals surface area contributed by atoms with Crippen molar-refractivity contribution in [2.24, 2.45) is 0 Å². The number of nitrogens with one attached hydrogen (secondary N) is 1. The van der Waals surface area contributed by atoms with Crippen LogP contribution < -0.4 is 0 Å². The lowest BCUT2D eigenvalue weighted by atomic mass is 10.1. The molecule has 0 spiro atoms. The van der Waals surface area contributed by atoms with E-state index in [4.69, 9.17) is 5.41 Å². The number of hydrogen-bond acceptors (Lipinski definition) is 1. The van der Waals surface area contributed by atoms with E-state index in [-0.39, 0.29) is 0 Å². The van der Waals surface area contributed by atoms with Crippen molar-refractivity contribution < 1.29 is 0 Å². The Hall–Kier alpha value is -1.11. The minimum absolute atomic E-state index is 0.964. The largest absolute Gasteiger partial charge is 0.308 e. The standard InChI is InChI=1S/C10H15N/c1-4-7-9(5-2)10(6-3)8-11/h4-8,11H,1-3H3/b7-4?,9-5?,10-6+,11-8?. The van der Waals surface area contributed by atoms with E-state index in [9.17, 15) is 0 Å². The SMILES string of the molecule is CC=CC(=CC)/C(C=N)=C/C. The lowest BCUT2D eigenvalue weighted by Crippen LogP contribution is -1.85. The summed E-state index contributed by atoms with van der Waals surface area (Å²) in [4.78, 5) is 0.